The first-order valence-electron chi connectivity index (χ1n) is 6.41. The van der Waals surface area contributed by atoms with E-state index in [1.807, 2.05) is 25.1 Å². The van der Waals surface area contributed by atoms with Crippen LogP contribution < -0.4 is 10.6 Å². The summed E-state index contributed by atoms with van der Waals surface area (Å²) >= 11 is 0. The van der Waals surface area contributed by atoms with Crippen molar-refractivity contribution >= 4 is 5.95 Å². The van der Waals surface area contributed by atoms with Crippen molar-refractivity contribution in [3.63, 3.8) is 0 Å². The molecular weight excluding hydrogens is 238 g/mol. The Morgan fingerprint density at radius 1 is 1.21 bits per heavy atom. The predicted octanol–water partition coefficient (Wildman–Crippen LogP) is 1.67. The largest absolute Gasteiger partial charge is 0.335 e. The van der Waals surface area contributed by atoms with Crippen LogP contribution in [0.5, 0.6) is 0 Å². The van der Waals surface area contributed by atoms with Crippen molar-refractivity contribution in [1.82, 2.24) is 15.0 Å². The minimum atomic E-state index is 0.464. The van der Waals surface area contributed by atoms with Crippen molar-refractivity contribution in [2.24, 2.45) is 5.73 Å². The molecule has 0 radical (unpaired) electrons. The minimum Gasteiger partial charge on any atom is -0.335 e. The molecule has 0 atom stereocenters. The summed E-state index contributed by atoms with van der Waals surface area (Å²) < 4.78 is 0. The third-order valence-electron chi connectivity index (χ3n) is 2.89. The first-order valence-corrected chi connectivity index (χ1v) is 6.41. The van der Waals surface area contributed by atoms with Crippen molar-refractivity contribution in [3.05, 3.63) is 47.5 Å². The average molecular weight is 257 g/mol. The molecule has 0 fully saturated rings. The first-order chi connectivity index (χ1) is 9.22. The third kappa shape index (κ3) is 3.48. The quantitative estimate of drug-likeness (QED) is 0.882. The highest BCUT2D eigenvalue weighted by Gasteiger charge is 2.09. The summed E-state index contributed by atoms with van der Waals surface area (Å²) in [6.45, 7) is 6.08. The maximum atomic E-state index is 5.55. The fraction of sp³-hybridized carbons (Fsp3) is 0.357. The van der Waals surface area contributed by atoms with Gasteiger partial charge in [0.05, 0.1) is 12.2 Å². The van der Waals surface area contributed by atoms with Crippen molar-refractivity contribution in [3.8, 4) is 0 Å². The van der Waals surface area contributed by atoms with Crippen LogP contribution in [0.4, 0.5) is 5.95 Å². The lowest BCUT2D eigenvalue weighted by molar-refractivity contribution is 0.768. The summed E-state index contributed by atoms with van der Waals surface area (Å²) in [4.78, 5) is 15.3. The number of aryl methyl sites for hydroxylation is 1. The molecule has 0 aromatic carbocycles. The third-order valence-corrected chi connectivity index (χ3v) is 2.89. The van der Waals surface area contributed by atoms with Gasteiger partial charge in [-0.05, 0) is 26.0 Å². The summed E-state index contributed by atoms with van der Waals surface area (Å²) in [5.41, 5.74) is 8.53. The van der Waals surface area contributed by atoms with Crippen molar-refractivity contribution in [2.75, 3.05) is 11.4 Å². The summed E-state index contributed by atoms with van der Waals surface area (Å²) in [6.07, 6.45) is 3.54. The molecule has 0 saturated carbocycles. The zero-order valence-electron chi connectivity index (χ0n) is 11.4. The maximum Gasteiger partial charge on any atom is 0.225 e. The molecule has 0 aliphatic rings. The molecule has 2 N–H and O–H groups in total. The summed E-state index contributed by atoms with van der Waals surface area (Å²) in [6, 6.07) is 6.03. The monoisotopic (exact) mass is 257 g/mol. The minimum absolute atomic E-state index is 0.464. The highest BCUT2D eigenvalue weighted by molar-refractivity contribution is 5.31. The summed E-state index contributed by atoms with van der Waals surface area (Å²) in [5, 5.41) is 0. The van der Waals surface area contributed by atoms with Gasteiger partial charge in [0.25, 0.3) is 0 Å². The van der Waals surface area contributed by atoms with Crippen LogP contribution in [0.15, 0.2) is 30.6 Å². The van der Waals surface area contributed by atoms with Gasteiger partial charge in [-0.2, -0.15) is 0 Å². The average Bonchev–Trinajstić information content (AvgIpc) is 2.45. The number of hydrogen-bond donors (Lipinski definition) is 1. The zero-order chi connectivity index (χ0) is 13.7. The molecule has 19 heavy (non-hydrogen) atoms. The highest BCUT2D eigenvalue weighted by Crippen LogP contribution is 2.11. The molecule has 0 saturated heterocycles. The topological polar surface area (TPSA) is 67.9 Å². The Morgan fingerprint density at radius 3 is 2.53 bits per heavy atom. The van der Waals surface area contributed by atoms with Gasteiger partial charge < -0.3 is 10.6 Å². The van der Waals surface area contributed by atoms with Crippen molar-refractivity contribution < 1.29 is 0 Å². The van der Waals surface area contributed by atoms with Crippen LogP contribution in [-0.2, 0) is 13.1 Å². The summed E-state index contributed by atoms with van der Waals surface area (Å²) in [7, 11) is 0. The number of hydrogen-bond acceptors (Lipinski definition) is 5. The predicted molar refractivity (Wildman–Crippen MR) is 75.6 cm³/mol. The molecule has 2 rings (SSSR count). The second-order valence-corrected chi connectivity index (χ2v) is 4.38. The molecule has 0 bridgehead atoms. The SMILES string of the molecule is CCN(Cc1cccc(C)n1)c1ncc(CN)cn1. The van der Waals surface area contributed by atoms with E-state index in [4.69, 9.17) is 5.73 Å². The van der Waals surface area contributed by atoms with E-state index >= 15 is 0 Å². The standard InChI is InChI=1S/C14H19N5/c1-3-19(10-13-6-4-5-11(2)18-13)14-16-8-12(7-15)9-17-14/h4-6,8-9H,3,7,10,15H2,1-2H3. The highest BCUT2D eigenvalue weighted by atomic mass is 15.2. The van der Waals surface area contributed by atoms with Gasteiger partial charge in [-0.15, -0.1) is 0 Å². The Bertz CT molecular complexity index is 524. The van der Waals surface area contributed by atoms with Crippen molar-refractivity contribution in [1.29, 1.82) is 0 Å². The molecule has 2 aromatic rings. The van der Waals surface area contributed by atoms with Gasteiger partial charge in [0, 0.05) is 36.7 Å². The normalized spacial score (nSPS) is 10.5. The van der Waals surface area contributed by atoms with E-state index in [2.05, 4.69) is 26.8 Å². The molecule has 5 nitrogen and oxygen atoms in total. The fourth-order valence-corrected chi connectivity index (χ4v) is 1.82. The van der Waals surface area contributed by atoms with Crippen LogP contribution in [0.3, 0.4) is 0 Å². The van der Waals surface area contributed by atoms with Crippen LogP contribution in [0.25, 0.3) is 0 Å². The number of nitrogens with two attached hydrogens (primary N) is 1. The van der Waals surface area contributed by atoms with E-state index in [0.717, 1.165) is 23.5 Å². The molecule has 0 amide bonds. The van der Waals surface area contributed by atoms with Gasteiger partial charge in [0.15, 0.2) is 0 Å². The Morgan fingerprint density at radius 2 is 1.95 bits per heavy atom. The van der Waals surface area contributed by atoms with E-state index in [9.17, 15) is 0 Å². The molecule has 2 aromatic heterocycles. The molecular formula is C14H19N5. The Balaban J connectivity index is 2.15. The molecule has 2 heterocycles. The van der Waals surface area contributed by atoms with E-state index in [1.165, 1.54) is 0 Å². The second kappa shape index (κ2) is 6.24. The van der Waals surface area contributed by atoms with Gasteiger partial charge >= 0.3 is 0 Å². The van der Waals surface area contributed by atoms with Gasteiger partial charge in [0.2, 0.25) is 5.95 Å². The van der Waals surface area contributed by atoms with Crippen LogP contribution in [0.2, 0.25) is 0 Å². The lowest BCUT2D eigenvalue weighted by Crippen LogP contribution is -2.25. The summed E-state index contributed by atoms with van der Waals surface area (Å²) in [5.74, 6) is 0.711. The van der Waals surface area contributed by atoms with E-state index in [0.29, 0.717) is 19.0 Å². The second-order valence-electron chi connectivity index (χ2n) is 4.38. The van der Waals surface area contributed by atoms with Crippen LogP contribution in [-0.4, -0.2) is 21.5 Å². The van der Waals surface area contributed by atoms with E-state index < -0.39 is 0 Å². The van der Waals surface area contributed by atoms with Crippen LogP contribution in [0.1, 0.15) is 23.9 Å². The molecule has 0 unspecified atom stereocenters. The Hall–Kier alpha value is -2.01. The lowest BCUT2D eigenvalue weighted by Gasteiger charge is -2.20. The zero-order valence-corrected chi connectivity index (χ0v) is 11.4. The fourth-order valence-electron chi connectivity index (χ4n) is 1.82. The number of rotatable bonds is 5. The Labute approximate surface area is 113 Å². The number of nitrogens with zero attached hydrogens (tertiary/aromatic N) is 4. The number of pyridine rings is 1. The van der Waals surface area contributed by atoms with Gasteiger partial charge in [-0.25, -0.2) is 9.97 Å². The molecule has 0 spiro atoms. The lowest BCUT2D eigenvalue weighted by atomic mass is 10.3. The van der Waals surface area contributed by atoms with Crippen LogP contribution in [0, 0.1) is 6.92 Å². The van der Waals surface area contributed by atoms with Crippen molar-refractivity contribution in [2.45, 2.75) is 26.9 Å². The van der Waals surface area contributed by atoms with Gasteiger partial charge in [0.1, 0.15) is 0 Å². The van der Waals surface area contributed by atoms with Crippen LogP contribution >= 0.6 is 0 Å². The smallest absolute Gasteiger partial charge is 0.225 e. The number of aromatic nitrogens is 3. The maximum absolute atomic E-state index is 5.55. The molecule has 5 heteroatoms. The molecule has 0 aliphatic carbocycles. The van der Waals surface area contributed by atoms with Gasteiger partial charge in [-0.1, -0.05) is 6.07 Å². The Kier molecular flexibility index (Phi) is 4.41. The number of anilines is 1. The van der Waals surface area contributed by atoms with Gasteiger partial charge in [-0.3, -0.25) is 4.98 Å². The van der Waals surface area contributed by atoms with E-state index in [-0.39, 0.29) is 0 Å². The first kappa shape index (κ1) is 13.4. The molecule has 0 aliphatic heterocycles. The molecule has 100 valence electrons. The van der Waals surface area contributed by atoms with E-state index in [1.54, 1.807) is 12.4 Å².